The molecule has 0 bridgehead atoms. The van der Waals surface area contributed by atoms with Gasteiger partial charge in [-0.3, -0.25) is 4.79 Å². The molecule has 29 heavy (non-hydrogen) atoms. The normalized spacial score (nSPS) is 19.3. The lowest BCUT2D eigenvalue weighted by Gasteiger charge is -2.32. The van der Waals surface area contributed by atoms with E-state index in [0.29, 0.717) is 5.56 Å². The first-order valence-electron chi connectivity index (χ1n) is 9.14. The Labute approximate surface area is 167 Å². The number of aliphatic hydroxyl groups is 1. The number of carbonyl (C=O) groups is 1. The second kappa shape index (κ2) is 7.51. The van der Waals surface area contributed by atoms with E-state index in [0.717, 1.165) is 17.7 Å². The van der Waals surface area contributed by atoms with Gasteiger partial charge >= 0.3 is 6.18 Å². The van der Waals surface area contributed by atoms with Crippen LogP contribution in [0.4, 0.5) is 18.9 Å². The van der Waals surface area contributed by atoms with Gasteiger partial charge in [0.1, 0.15) is 0 Å². The summed E-state index contributed by atoms with van der Waals surface area (Å²) in [5.41, 5.74) is -1.15. The minimum absolute atomic E-state index is 0.00426. The van der Waals surface area contributed by atoms with Crippen LogP contribution in [0, 0.1) is 0 Å². The van der Waals surface area contributed by atoms with E-state index < -0.39 is 24.2 Å². The average molecular weight is 405 g/mol. The van der Waals surface area contributed by atoms with E-state index in [1.165, 1.54) is 12.1 Å². The van der Waals surface area contributed by atoms with E-state index in [4.69, 9.17) is 0 Å². The predicted octanol–water partition coefficient (Wildman–Crippen LogP) is 3.82. The van der Waals surface area contributed by atoms with Crippen LogP contribution in [0.2, 0.25) is 0 Å². The number of carbonyl (C=O) groups excluding carboxylic acids is 1. The van der Waals surface area contributed by atoms with Crippen molar-refractivity contribution in [1.82, 2.24) is 5.01 Å². The highest BCUT2D eigenvalue weighted by atomic mass is 19.4. The van der Waals surface area contributed by atoms with Gasteiger partial charge in [0.15, 0.2) is 0 Å². The quantitative estimate of drug-likeness (QED) is 0.842. The van der Waals surface area contributed by atoms with Crippen LogP contribution in [0.15, 0.2) is 53.6 Å². The third-order valence-electron chi connectivity index (χ3n) is 4.96. The van der Waals surface area contributed by atoms with Crippen molar-refractivity contribution in [2.75, 3.05) is 19.0 Å². The number of nitrogens with zero attached hydrogens (tertiary/aromatic N) is 3. The zero-order valence-corrected chi connectivity index (χ0v) is 16.4. The van der Waals surface area contributed by atoms with Crippen molar-refractivity contribution in [3.63, 3.8) is 0 Å². The number of anilines is 1. The maximum absolute atomic E-state index is 13.7. The lowest BCUT2D eigenvalue weighted by Crippen LogP contribution is -2.56. The number of rotatable bonds is 4. The molecule has 2 aromatic rings. The van der Waals surface area contributed by atoms with Crippen molar-refractivity contribution in [2.45, 2.75) is 31.7 Å². The standard InChI is InChI=1S/C21H22F3N3O2/c1-4-14-5-7-15(8-6-14)18-13-20(29,21(22,23)24)27(25-18)19(28)16-9-11-17(12-10-16)26(2)3/h5-12,29H,4,13H2,1-3H3/t20-/m0/s1. The molecule has 0 fully saturated rings. The van der Waals surface area contributed by atoms with Crippen molar-refractivity contribution in [3.05, 3.63) is 65.2 Å². The summed E-state index contributed by atoms with van der Waals surface area (Å²) in [4.78, 5) is 14.6. The van der Waals surface area contributed by atoms with Crippen molar-refractivity contribution in [1.29, 1.82) is 0 Å². The molecule has 1 atom stereocenters. The monoisotopic (exact) mass is 405 g/mol. The highest BCUT2D eigenvalue weighted by Crippen LogP contribution is 2.42. The van der Waals surface area contributed by atoms with Gasteiger partial charge in [0.25, 0.3) is 11.6 Å². The minimum atomic E-state index is -5.07. The summed E-state index contributed by atoms with van der Waals surface area (Å²) in [6.45, 7) is 1.96. The molecular weight excluding hydrogens is 383 g/mol. The SMILES string of the molecule is CCc1ccc(C2=NN(C(=O)c3ccc(N(C)C)cc3)[C@@](O)(C(F)(F)F)C2)cc1. The first kappa shape index (κ1) is 20.9. The second-order valence-corrected chi connectivity index (χ2v) is 7.15. The van der Waals surface area contributed by atoms with Crippen LogP contribution in [0.5, 0.6) is 0 Å². The topological polar surface area (TPSA) is 56.1 Å². The molecule has 5 nitrogen and oxygen atoms in total. The first-order valence-corrected chi connectivity index (χ1v) is 9.14. The Bertz CT molecular complexity index is 922. The molecule has 0 saturated carbocycles. The summed E-state index contributed by atoms with van der Waals surface area (Å²) in [6.07, 6.45) is -5.11. The van der Waals surface area contributed by atoms with Crippen LogP contribution in [0.1, 0.15) is 34.8 Å². The Balaban J connectivity index is 1.99. The van der Waals surface area contributed by atoms with Gasteiger partial charge in [0, 0.05) is 25.3 Å². The van der Waals surface area contributed by atoms with Gasteiger partial charge < -0.3 is 10.0 Å². The third kappa shape index (κ3) is 3.85. The number of amides is 1. The molecule has 0 spiro atoms. The fourth-order valence-electron chi connectivity index (χ4n) is 3.10. The highest BCUT2D eigenvalue weighted by molar-refractivity contribution is 6.05. The minimum Gasteiger partial charge on any atom is -0.378 e. The molecule has 0 saturated heterocycles. The number of aryl methyl sites for hydroxylation is 1. The van der Waals surface area contributed by atoms with Crippen molar-refractivity contribution < 1.29 is 23.1 Å². The van der Waals surface area contributed by atoms with Crippen LogP contribution >= 0.6 is 0 Å². The van der Waals surface area contributed by atoms with Gasteiger partial charge in [-0.1, -0.05) is 31.2 Å². The Morgan fingerprint density at radius 3 is 2.21 bits per heavy atom. The molecule has 0 aliphatic carbocycles. The number of hydrogen-bond donors (Lipinski definition) is 1. The van der Waals surface area contributed by atoms with Crippen molar-refractivity contribution in [2.24, 2.45) is 5.10 Å². The first-order chi connectivity index (χ1) is 13.6. The predicted molar refractivity (Wildman–Crippen MR) is 105 cm³/mol. The van der Waals surface area contributed by atoms with Gasteiger partial charge in [-0.05, 0) is 41.8 Å². The third-order valence-corrected chi connectivity index (χ3v) is 4.96. The molecule has 0 radical (unpaired) electrons. The van der Waals surface area contributed by atoms with E-state index >= 15 is 0 Å². The molecule has 1 N–H and O–H groups in total. The summed E-state index contributed by atoms with van der Waals surface area (Å²) in [5.74, 6) is -1.02. The van der Waals surface area contributed by atoms with Gasteiger partial charge in [-0.15, -0.1) is 0 Å². The van der Waals surface area contributed by atoms with Crippen LogP contribution in [0.25, 0.3) is 0 Å². The van der Waals surface area contributed by atoms with Crippen molar-refractivity contribution in [3.8, 4) is 0 Å². The number of hydrogen-bond acceptors (Lipinski definition) is 4. The lowest BCUT2D eigenvalue weighted by atomic mass is 9.99. The number of hydrazone groups is 1. The molecule has 1 aliphatic heterocycles. The van der Waals surface area contributed by atoms with Gasteiger partial charge in [0.2, 0.25) is 0 Å². The fourth-order valence-corrected chi connectivity index (χ4v) is 3.10. The zero-order chi connectivity index (χ0) is 21.4. The van der Waals surface area contributed by atoms with Crippen molar-refractivity contribution >= 4 is 17.3 Å². The number of alkyl halides is 3. The fraction of sp³-hybridized carbons (Fsp3) is 0.333. The van der Waals surface area contributed by atoms with Gasteiger partial charge in [-0.25, -0.2) is 0 Å². The largest absolute Gasteiger partial charge is 0.438 e. The van der Waals surface area contributed by atoms with E-state index in [-0.39, 0.29) is 16.3 Å². The van der Waals surface area contributed by atoms with E-state index in [1.54, 1.807) is 55.4 Å². The summed E-state index contributed by atoms with van der Waals surface area (Å²) < 4.78 is 41.2. The van der Waals surface area contributed by atoms with E-state index in [1.807, 2.05) is 6.92 Å². The van der Waals surface area contributed by atoms with E-state index in [2.05, 4.69) is 5.10 Å². The molecule has 8 heteroatoms. The highest BCUT2D eigenvalue weighted by Gasteiger charge is 2.63. The molecule has 0 aromatic heterocycles. The Morgan fingerprint density at radius 1 is 1.14 bits per heavy atom. The van der Waals surface area contributed by atoms with Crippen LogP contribution < -0.4 is 4.90 Å². The molecule has 1 aliphatic rings. The van der Waals surface area contributed by atoms with Crippen LogP contribution in [-0.2, 0) is 6.42 Å². The number of halogens is 3. The van der Waals surface area contributed by atoms with Crippen LogP contribution in [-0.4, -0.2) is 47.7 Å². The molecule has 1 heterocycles. The Hall–Kier alpha value is -2.87. The Kier molecular flexibility index (Phi) is 5.40. The molecule has 3 rings (SSSR count). The maximum Gasteiger partial charge on any atom is 0.438 e. The maximum atomic E-state index is 13.7. The molecule has 1 amide bonds. The Morgan fingerprint density at radius 2 is 1.72 bits per heavy atom. The summed E-state index contributed by atoms with van der Waals surface area (Å²) >= 11 is 0. The summed E-state index contributed by atoms with van der Waals surface area (Å²) in [6, 6.07) is 12.9. The lowest BCUT2D eigenvalue weighted by molar-refractivity contribution is -0.297. The zero-order valence-electron chi connectivity index (χ0n) is 16.4. The average Bonchev–Trinajstić information content (AvgIpc) is 3.06. The smallest absolute Gasteiger partial charge is 0.378 e. The second-order valence-electron chi connectivity index (χ2n) is 7.15. The molecule has 154 valence electrons. The van der Waals surface area contributed by atoms with Crippen LogP contribution in [0.3, 0.4) is 0 Å². The molecule has 2 aromatic carbocycles. The summed E-state index contributed by atoms with van der Waals surface area (Å²) in [7, 11) is 3.61. The molecule has 0 unspecified atom stereocenters. The number of benzene rings is 2. The molecular formula is C21H22F3N3O2. The van der Waals surface area contributed by atoms with Gasteiger partial charge in [0.05, 0.1) is 12.1 Å². The van der Waals surface area contributed by atoms with E-state index in [9.17, 15) is 23.1 Å². The van der Waals surface area contributed by atoms with Gasteiger partial charge in [-0.2, -0.15) is 23.3 Å². The summed E-state index contributed by atoms with van der Waals surface area (Å²) in [5, 5.41) is 14.5.